The highest BCUT2D eigenvalue weighted by Crippen LogP contribution is 2.29. The van der Waals surface area contributed by atoms with Gasteiger partial charge in [0, 0.05) is 28.6 Å². The maximum Gasteiger partial charge on any atom is 0.267 e. The van der Waals surface area contributed by atoms with E-state index in [2.05, 4.69) is 17.2 Å². The third kappa shape index (κ3) is 3.13. The summed E-state index contributed by atoms with van der Waals surface area (Å²) in [5.74, 6) is 0.679. The molecule has 1 aromatic carbocycles. The number of halogens is 1. The number of benzene rings is 1. The highest BCUT2D eigenvalue weighted by atomic mass is 35.5. The summed E-state index contributed by atoms with van der Waals surface area (Å²) < 4.78 is 0. The second kappa shape index (κ2) is 6.31. The van der Waals surface area contributed by atoms with Gasteiger partial charge in [0.1, 0.15) is 5.69 Å². The summed E-state index contributed by atoms with van der Waals surface area (Å²) in [6.45, 7) is 2.38. The molecule has 4 nitrogen and oxygen atoms in total. The molecule has 0 aliphatic heterocycles. The zero-order valence-corrected chi connectivity index (χ0v) is 13.4. The summed E-state index contributed by atoms with van der Waals surface area (Å²) in [4.78, 5) is 15.6. The van der Waals surface area contributed by atoms with Gasteiger partial charge in [-0.1, -0.05) is 18.5 Å². The third-order valence-electron chi connectivity index (χ3n) is 4.68. The molecule has 1 amide bonds. The van der Waals surface area contributed by atoms with Crippen LogP contribution in [0.1, 0.15) is 36.7 Å². The fraction of sp³-hybridized carbons (Fsp3) is 0.471. The van der Waals surface area contributed by atoms with Crippen LogP contribution in [0.25, 0.3) is 10.9 Å². The normalized spacial score (nSPS) is 25.3. The van der Waals surface area contributed by atoms with E-state index < -0.39 is 0 Å². The first-order valence-corrected chi connectivity index (χ1v) is 8.14. The fourth-order valence-electron chi connectivity index (χ4n) is 3.36. The van der Waals surface area contributed by atoms with Gasteiger partial charge in [-0.15, -0.1) is 0 Å². The number of carbonyl (C=O) groups is 1. The molecule has 1 heterocycles. The van der Waals surface area contributed by atoms with Gasteiger partial charge in [0.15, 0.2) is 0 Å². The lowest BCUT2D eigenvalue weighted by Gasteiger charge is -2.33. The van der Waals surface area contributed by atoms with Crippen LogP contribution in [0.2, 0.25) is 5.02 Å². The van der Waals surface area contributed by atoms with E-state index in [1.54, 1.807) is 6.07 Å². The molecular formula is C17H21ClN2O2. The Hall–Kier alpha value is -1.52. The van der Waals surface area contributed by atoms with Gasteiger partial charge in [-0.3, -0.25) is 4.79 Å². The van der Waals surface area contributed by atoms with Crippen LogP contribution in [0.3, 0.4) is 0 Å². The molecule has 1 aliphatic carbocycles. The van der Waals surface area contributed by atoms with E-state index in [-0.39, 0.29) is 18.6 Å². The van der Waals surface area contributed by atoms with Crippen LogP contribution in [0.15, 0.2) is 24.3 Å². The predicted octanol–water partition coefficient (Wildman–Crippen LogP) is 3.35. The Labute approximate surface area is 134 Å². The highest BCUT2D eigenvalue weighted by Gasteiger charge is 2.28. The summed E-state index contributed by atoms with van der Waals surface area (Å²) in [5, 5.41) is 14.0. The van der Waals surface area contributed by atoms with Gasteiger partial charge >= 0.3 is 0 Å². The van der Waals surface area contributed by atoms with Gasteiger partial charge in [0.25, 0.3) is 5.91 Å². The van der Waals surface area contributed by atoms with E-state index in [1.807, 2.05) is 18.2 Å². The van der Waals surface area contributed by atoms with Gasteiger partial charge in [0.05, 0.1) is 0 Å². The largest absolute Gasteiger partial charge is 0.396 e. The van der Waals surface area contributed by atoms with Crippen molar-refractivity contribution < 1.29 is 9.90 Å². The molecule has 118 valence electrons. The van der Waals surface area contributed by atoms with E-state index in [9.17, 15) is 9.90 Å². The van der Waals surface area contributed by atoms with E-state index in [0.717, 1.165) is 30.2 Å². The average molecular weight is 321 g/mol. The van der Waals surface area contributed by atoms with Crippen molar-refractivity contribution in [2.75, 3.05) is 6.61 Å². The molecule has 0 bridgehead atoms. The monoisotopic (exact) mass is 320 g/mol. The van der Waals surface area contributed by atoms with Crippen molar-refractivity contribution in [2.45, 2.75) is 32.2 Å². The first-order valence-electron chi connectivity index (χ1n) is 7.77. The number of rotatable bonds is 3. The summed E-state index contributed by atoms with van der Waals surface area (Å²) in [6.07, 6.45) is 2.85. The lowest BCUT2D eigenvalue weighted by Crippen LogP contribution is -2.43. The second-order valence-corrected chi connectivity index (χ2v) is 6.77. The zero-order chi connectivity index (χ0) is 15.7. The molecule has 3 N–H and O–H groups in total. The van der Waals surface area contributed by atoms with Crippen LogP contribution < -0.4 is 5.32 Å². The van der Waals surface area contributed by atoms with Crippen LogP contribution in [0.4, 0.5) is 0 Å². The number of carbonyl (C=O) groups excluding carboxylic acids is 1. The minimum Gasteiger partial charge on any atom is -0.396 e. The molecule has 1 aliphatic rings. The second-order valence-electron chi connectivity index (χ2n) is 6.33. The van der Waals surface area contributed by atoms with Crippen LogP contribution in [0.5, 0.6) is 0 Å². The van der Waals surface area contributed by atoms with Gasteiger partial charge in [0.2, 0.25) is 0 Å². The minimum absolute atomic E-state index is 0.0772. The standard InChI is InChI=1S/C17H21ClN2O2/c1-10-6-11(9-21)2-4-14(10)20-17(22)16-8-12-7-13(18)3-5-15(12)19-16/h3,5,7-8,10-11,14,19,21H,2,4,6,9H2,1H3,(H,20,22)/t10-,11?,14-/m1/s1. The predicted molar refractivity (Wildman–Crippen MR) is 88.2 cm³/mol. The first kappa shape index (κ1) is 15.4. The molecule has 1 unspecified atom stereocenters. The molecule has 2 aromatic rings. The molecule has 0 radical (unpaired) electrons. The summed E-state index contributed by atoms with van der Waals surface area (Å²) >= 11 is 5.97. The number of hydrogen-bond acceptors (Lipinski definition) is 2. The first-order chi connectivity index (χ1) is 10.6. The van der Waals surface area contributed by atoms with Gasteiger partial charge < -0.3 is 15.4 Å². The SMILES string of the molecule is C[C@@H]1CC(CO)CC[C@H]1NC(=O)c1cc2cc(Cl)ccc2[nH]1. The zero-order valence-electron chi connectivity index (χ0n) is 12.6. The number of H-pyrrole nitrogens is 1. The topological polar surface area (TPSA) is 65.1 Å². The molecule has 1 aromatic heterocycles. The van der Waals surface area contributed by atoms with Crippen molar-refractivity contribution >= 4 is 28.4 Å². The number of aliphatic hydroxyl groups excluding tert-OH is 1. The van der Waals surface area contributed by atoms with Crippen molar-refractivity contribution in [3.8, 4) is 0 Å². The average Bonchev–Trinajstić information content (AvgIpc) is 2.92. The van der Waals surface area contributed by atoms with Crippen molar-refractivity contribution in [1.29, 1.82) is 0 Å². The van der Waals surface area contributed by atoms with Crippen LogP contribution in [-0.4, -0.2) is 28.6 Å². The molecular weight excluding hydrogens is 300 g/mol. The molecule has 3 atom stereocenters. The highest BCUT2D eigenvalue weighted by molar-refractivity contribution is 6.31. The lowest BCUT2D eigenvalue weighted by molar-refractivity contribution is 0.0871. The van der Waals surface area contributed by atoms with Gasteiger partial charge in [-0.25, -0.2) is 0 Å². The maximum absolute atomic E-state index is 12.4. The summed E-state index contributed by atoms with van der Waals surface area (Å²) in [5.41, 5.74) is 1.47. The Morgan fingerprint density at radius 3 is 2.95 bits per heavy atom. The number of aromatic nitrogens is 1. The molecule has 3 rings (SSSR count). The molecule has 22 heavy (non-hydrogen) atoms. The number of nitrogens with one attached hydrogen (secondary N) is 2. The number of hydrogen-bond donors (Lipinski definition) is 3. The van der Waals surface area contributed by atoms with Crippen LogP contribution in [0, 0.1) is 11.8 Å². The summed E-state index contributed by atoms with van der Waals surface area (Å²) in [6, 6.07) is 7.54. The Kier molecular flexibility index (Phi) is 4.41. The molecule has 5 heteroatoms. The van der Waals surface area contributed by atoms with Gasteiger partial charge in [-0.2, -0.15) is 0 Å². The van der Waals surface area contributed by atoms with E-state index in [4.69, 9.17) is 11.6 Å². The molecule has 0 spiro atoms. The molecule has 1 saturated carbocycles. The van der Waals surface area contributed by atoms with Gasteiger partial charge in [-0.05, 0) is 55.4 Å². The Morgan fingerprint density at radius 2 is 2.23 bits per heavy atom. The molecule has 0 saturated heterocycles. The number of aliphatic hydroxyl groups is 1. The number of fused-ring (bicyclic) bond motifs is 1. The van der Waals surface area contributed by atoms with Crippen molar-refractivity contribution in [1.82, 2.24) is 10.3 Å². The van der Waals surface area contributed by atoms with Crippen molar-refractivity contribution in [3.63, 3.8) is 0 Å². The van der Waals surface area contributed by atoms with Crippen molar-refractivity contribution in [3.05, 3.63) is 35.0 Å². The minimum atomic E-state index is -0.0772. The fourth-order valence-corrected chi connectivity index (χ4v) is 3.54. The lowest BCUT2D eigenvalue weighted by atomic mass is 9.79. The number of amides is 1. The quantitative estimate of drug-likeness (QED) is 0.812. The Bertz CT molecular complexity index is 682. The Morgan fingerprint density at radius 1 is 1.41 bits per heavy atom. The summed E-state index contributed by atoms with van der Waals surface area (Å²) in [7, 11) is 0. The Balaban J connectivity index is 1.70. The van der Waals surface area contributed by atoms with Crippen LogP contribution in [-0.2, 0) is 0 Å². The maximum atomic E-state index is 12.4. The van der Waals surface area contributed by atoms with Crippen molar-refractivity contribution in [2.24, 2.45) is 11.8 Å². The van der Waals surface area contributed by atoms with E-state index in [0.29, 0.717) is 22.6 Å². The van der Waals surface area contributed by atoms with Crippen LogP contribution >= 0.6 is 11.6 Å². The van der Waals surface area contributed by atoms with E-state index >= 15 is 0 Å². The number of aromatic amines is 1. The third-order valence-corrected chi connectivity index (χ3v) is 4.92. The molecule has 1 fully saturated rings. The smallest absolute Gasteiger partial charge is 0.267 e. The van der Waals surface area contributed by atoms with E-state index in [1.165, 1.54) is 0 Å².